The number of rotatable bonds is 3. The van der Waals surface area contributed by atoms with E-state index in [9.17, 15) is 0 Å². The van der Waals surface area contributed by atoms with E-state index in [2.05, 4.69) is 19.8 Å². The highest BCUT2D eigenvalue weighted by Crippen LogP contribution is 2.37. The molecule has 0 spiro atoms. The first kappa shape index (κ1) is 13.8. The van der Waals surface area contributed by atoms with E-state index in [1.54, 1.807) is 6.20 Å². The van der Waals surface area contributed by atoms with Gasteiger partial charge in [0.25, 0.3) is 0 Å². The molecule has 1 aromatic heterocycles. The van der Waals surface area contributed by atoms with E-state index in [0.29, 0.717) is 12.1 Å². The maximum Gasteiger partial charge on any atom is 0.151 e. The topological polar surface area (TPSA) is 41.5 Å². The number of likely N-dealkylation sites (tertiary alicyclic amines) is 1. The van der Waals surface area contributed by atoms with Gasteiger partial charge in [-0.2, -0.15) is 0 Å². The molecule has 0 unspecified atom stereocenters. The fourth-order valence-electron chi connectivity index (χ4n) is 3.46. The Bertz CT molecular complexity index is 445. The second-order valence-corrected chi connectivity index (χ2v) is 5.90. The summed E-state index contributed by atoms with van der Waals surface area (Å²) in [6, 6.07) is 1.07. The Kier molecular flexibility index (Phi) is 4.17. The van der Waals surface area contributed by atoms with Crippen LogP contribution in [0, 0.1) is 0 Å². The summed E-state index contributed by atoms with van der Waals surface area (Å²) in [6.07, 6.45) is 8.35. The number of hydrogen-bond donors (Lipinski definition) is 0. The van der Waals surface area contributed by atoms with Gasteiger partial charge in [0, 0.05) is 45.7 Å². The lowest BCUT2D eigenvalue weighted by atomic mass is 10.0. The van der Waals surface area contributed by atoms with E-state index >= 15 is 0 Å². The molecule has 20 heavy (non-hydrogen) atoms. The van der Waals surface area contributed by atoms with Gasteiger partial charge in [-0.25, -0.2) is 4.98 Å². The molecule has 5 heteroatoms. The summed E-state index contributed by atoms with van der Waals surface area (Å²) in [4.78, 5) is 13.9. The third-order valence-corrected chi connectivity index (χ3v) is 4.40. The minimum atomic E-state index is 0.421. The van der Waals surface area contributed by atoms with Gasteiger partial charge >= 0.3 is 0 Å². The molecular formula is C15H24N4O. The van der Waals surface area contributed by atoms with Crippen molar-refractivity contribution < 1.29 is 4.74 Å². The normalized spacial score (nSPS) is 25.0. The molecule has 2 saturated heterocycles. The predicted molar refractivity (Wildman–Crippen MR) is 78.9 cm³/mol. The Morgan fingerprint density at radius 2 is 1.90 bits per heavy atom. The smallest absolute Gasteiger partial charge is 0.151 e. The van der Waals surface area contributed by atoms with Crippen molar-refractivity contribution in [2.75, 3.05) is 38.8 Å². The molecule has 2 fully saturated rings. The lowest BCUT2D eigenvalue weighted by Gasteiger charge is -2.35. The first-order chi connectivity index (χ1) is 9.77. The number of nitrogens with zero attached hydrogens (tertiary/aromatic N) is 4. The molecule has 3 rings (SSSR count). The first-order valence-corrected chi connectivity index (χ1v) is 7.59. The van der Waals surface area contributed by atoms with E-state index in [4.69, 9.17) is 4.74 Å². The number of aromatic nitrogens is 2. The van der Waals surface area contributed by atoms with E-state index in [0.717, 1.165) is 37.6 Å². The third kappa shape index (κ3) is 2.65. The summed E-state index contributed by atoms with van der Waals surface area (Å²) in [6.45, 7) is 2.97. The molecule has 0 bridgehead atoms. The van der Waals surface area contributed by atoms with E-state index in [1.165, 1.54) is 19.4 Å². The molecule has 0 aromatic carbocycles. The molecule has 0 saturated carbocycles. The van der Waals surface area contributed by atoms with Crippen LogP contribution in [0.2, 0.25) is 0 Å². The van der Waals surface area contributed by atoms with Crippen LogP contribution in [0.5, 0.6) is 0 Å². The predicted octanol–water partition coefficient (Wildman–Crippen LogP) is 1.86. The molecule has 0 aliphatic carbocycles. The highest BCUT2D eigenvalue weighted by atomic mass is 16.5. The molecule has 0 N–H and O–H groups in total. The van der Waals surface area contributed by atoms with Crippen molar-refractivity contribution in [2.24, 2.45) is 0 Å². The third-order valence-electron chi connectivity index (χ3n) is 4.40. The molecule has 110 valence electrons. The average Bonchev–Trinajstić information content (AvgIpc) is 2.97. The Balaban J connectivity index is 1.84. The largest absolute Gasteiger partial charge is 0.381 e. The van der Waals surface area contributed by atoms with Crippen LogP contribution in [-0.4, -0.2) is 54.8 Å². The molecule has 1 aromatic rings. The van der Waals surface area contributed by atoms with Crippen LogP contribution in [0.4, 0.5) is 5.82 Å². The molecule has 2 aliphatic rings. The van der Waals surface area contributed by atoms with Crippen LogP contribution >= 0.6 is 0 Å². The highest BCUT2D eigenvalue weighted by Gasteiger charge is 2.35. The van der Waals surface area contributed by atoms with Crippen molar-refractivity contribution >= 4 is 5.82 Å². The van der Waals surface area contributed by atoms with Gasteiger partial charge in [-0.15, -0.1) is 0 Å². The summed E-state index contributed by atoms with van der Waals surface area (Å²) in [5, 5.41) is 0. The summed E-state index contributed by atoms with van der Waals surface area (Å²) in [7, 11) is 4.09. The van der Waals surface area contributed by atoms with Crippen molar-refractivity contribution in [3.8, 4) is 0 Å². The number of anilines is 1. The summed E-state index contributed by atoms with van der Waals surface area (Å²) in [5.74, 6) is 1.01. The fraction of sp³-hybridized carbons (Fsp3) is 0.733. The van der Waals surface area contributed by atoms with E-state index in [-0.39, 0.29) is 0 Å². The lowest BCUT2D eigenvalue weighted by molar-refractivity contribution is 0.0285. The van der Waals surface area contributed by atoms with E-state index in [1.807, 2.05) is 20.3 Å². The molecular weight excluding hydrogens is 252 g/mol. The Labute approximate surface area is 121 Å². The number of hydrogen-bond acceptors (Lipinski definition) is 5. The highest BCUT2D eigenvalue weighted by molar-refractivity contribution is 5.43. The van der Waals surface area contributed by atoms with Gasteiger partial charge in [0.2, 0.25) is 0 Å². The molecule has 5 nitrogen and oxygen atoms in total. The zero-order valence-corrected chi connectivity index (χ0v) is 12.5. The van der Waals surface area contributed by atoms with Gasteiger partial charge in [0.1, 0.15) is 0 Å². The summed E-state index contributed by atoms with van der Waals surface area (Å²) < 4.78 is 5.50. The van der Waals surface area contributed by atoms with Crippen molar-refractivity contribution in [1.82, 2.24) is 14.9 Å². The summed E-state index contributed by atoms with van der Waals surface area (Å²) >= 11 is 0. The zero-order chi connectivity index (χ0) is 13.9. The first-order valence-electron chi connectivity index (χ1n) is 7.59. The van der Waals surface area contributed by atoms with Gasteiger partial charge in [0.15, 0.2) is 5.82 Å². The van der Waals surface area contributed by atoms with Crippen molar-refractivity contribution in [3.63, 3.8) is 0 Å². The second-order valence-electron chi connectivity index (χ2n) is 5.90. The monoisotopic (exact) mass is 276 g/mol. The fourth-order valence-corrected chi connectivity index (χ4v) is 3.46. The van der Waals surface area contributed by atoms with Crippen molar-refractivity contribution in [3.05, 3.63) is 18.1 Å². The quantitative estimate of drug-likeness (QED) is 0.843. The molecule has 1 atom stereocenters. The van der Waals surface area contributed by atoms with Gasteiger partial charge in [-0.1, -0.05) is 0 Å². The molecule has 2 aliphatic heterocycles. The van der Waals surface area contributed by atoms with Crippen molar-refractivity contribution in [1.29, 1.82) is 0 Å². The Morgan fingerprint density at radius 3 is 2.65 bits per heavy atom. The maximum atomic E-state index is 5.50. The molecule has 0 amide bonds. The second kappa shape index (κ2) is 6.06. The Hall–Kier alpha value is -1.20. The van der Waals surface area contributed by atoms with Crippen molar-refractivity contribution in [2.45, 2.75) is 37.8 Å². The van der Waals surface area contributed by atoms with Gasteiger partial charge < -0.3 is 9.64 Å². The van der Waals surface area contributed by atoms with Crippen LogP contribution in [-0.2, 0) is 4.74 Å². The van der Waals surface area contributed by atoms with Gasteiger partial charge in [-0.05, 0) is 32.2 Å². The zero-order valence-electron chi connectivity index (χ0n) is 12.5. The standard InChI is InChI=1S/C15H24N4O/c1-18(2)15-14(16-7-8-17-15)13-4-3-9-19(13)12-5-10-20-11-6-12/h7-8,12-13H,3-6,9-11H2,1-2H3/t13-/m1/s1. The molecule has 0 radical (unpaired) electrons. The van der Waals surface area contributed by atoms with Crippen LogP contribution in [0.1, 0.15) is 37.4 Å². The van der Waals surface area contributed by atoms with Gasteiger partial charge in [-0.3, -0.25) is 9.88 Å². The van der Waals surface area contributed by atoms with E-state index < -0.39 is 0 Å². The minimum Gasteiger partial charge on any atom is -0.381 e. The lowest BCUT2D eigenvalue weighted by Crippen LogP contribution is -2.39. The average molecular weight is 276 g/mol. The molecule has 3 heterocycles. The van der Waals surface area contributed by atoms with Crippen LogP contribution in [0.15, 0.2) is 12.4 Å². The minimum absolute atomic E-state index is 0.421. The van der Waals surface area contributed by atoms with Gasteiger partial charge in [0.05, 0.1) is 11.7 Å². The Morgan fingerprint density at radius 1 is 1.15 bits per heavy atom. The number of ether oxygens (including phenoxy) is 1. The maximum absolute atomic E-state index is 5.50. The summed E-state index contributed by atoms with van der Waals surface area (Å²) in [5.41, 5.74) is 1.14. The van der Waals surface area contributed by atoms with Crippen LogP contribution < -0.4 is 4.90 Å². The SMILES string of the molecule is CN(C)c1nccnc1[C@H]1CCCN1C1CCOCC1. The van der Waals surface area contributed by atoms with Crippen LogP contribution in [0.3, 0.4) is 0 Å². The van der Waals surface area contributed by atoms with Crippen LogP contribution in [0.25, 0.3) is 0 Å².